The van der Waals surface area contributed by atoms with Crippen LogP contribution in [0.3, 0.4) is 0 Å². The van der Waals surface area contributed by atoms with Crippen LogP contribution in [-0.2, 0) is 0 Å². The minimum atomic E-state index is 0.101. The Morgan fingerprint density at radius 1 is 1.48 bits per heavy atom. The summed E-state index contributed by atoms with van der Waals surface area (Å²) in [5.74, 6) is 0.883. The predicted molar refractivity (Wildman–Crippen MR) is 83.0 cm³/mol. The topological polar surface area (TPSA) is 83.1 Å². The van der Waals surface area contributed by atoms with E-state index in [1.54, 1.807) is 12.1 Å². The normalized spacial score (nSPS) is 19.9. The minimum absolute atomic E-state index is 0.101. The molecule has 1 aliphatic rings. The lowest BCUT2D eigenvalue weighted by atomic mass is 10.2. The van der Waals surface area contributed by atoms with Crippen molar-refractivity contribution in [2.45, 2.75) is 18.9 Å². The Morgan fingerprint density at radius 3 is 2.86 bits per heavy atom. The van der Waals surface area contributed by atoms with Crippen LogP contribution in [-0.4, -0.2) is 55.3 Å². The molecule has 0 amide bonds. The molecule has 21 heavy (non-hydrogen) atoms. The van der Waals surface area contributed by atoms with Gasteiger partial charge in [-0.25, -0.2) is 0 Å². The molecule has 1 atom stereocenters. The Morgan fingerprint density at radius 2 is 2.24 bits per heavy atom. The van der Waals surface area contributed by atoms with Crippen LogP contribution in [0.5, 0.6) is 5.75 Å². The monoisotopic (exact) mass is 292 g/mol. The van der Waals surface area contributed by atoms with E-state index in [2.05, 4.69) is 22.4 Å². The van der Waals surface area contributed by atoms with Crippen LogP contribution in [0, 0.1) is 0 Å². The molecular weight excluding hydrogens is 268 g/mol. The number of likely N-dealkylation sites (N-methyl/N-ethyl adjacent to an activating group) is 1. The number of hydrogen-bond donors (Lipinski definition) is 3. The zero-order valence-electron chi connectivity index (χ0n) is 12.5. The van der Waals surface area contributed by atoms with Crippen LogP contribution in [0.15, 0.2) is 29.4 Å². The fraction of sp³-hybridized carbons (Fsp3) is 0.533. The predicted octanol–water partition coefficient (Wildman–Crippen LogP) is 0.844. The van der Waals surface area contributed by atoms with E-state index >= 15 is 0 Å². The van der Waals surface area contributed by atoms with Gasteiger partial charge in [0.1, 0.15) is 12.4 Å². The van der Waals surface area contributed by atoms with Crippen molar-refractivity contribution in [3.63, 3.8) is 0 Å². The average molecular weight is 292 g/mol. The maximum Gasteiger partial charge on any atom is 0.170 e. The molecule has 6 nitrogen and oxygen atoms in total. The van der Waals surface area contributed by atoms with Gasteiger partial charge in [0.2, 0.25) is 0 Å². The van der Waals surface area contributed by atoms with Gasteiger partial charge < -0.3 is 25.9 Å². The summed E-state index contributed by atoms with van der Waals surface area (Å²) < 4.78 is 5.65. The smallest absolute Gasteiger partial charge is 0.170 e. The first-order valence-corrected chi connectivity index (χ1v) is 7.32. The van der Waals surface area contributed by atoms with E-state index < -0.39 is 0 Å². The summed E-state index contributed by atoms with van der Waals surface area (Å²) in [7, 11) is 2.18. The van der Waals surface area contributed by atoms with Crippen molar-refractivity contribution >= 4 is 5.84 Å². The lowest BCUT2D eigenvalue weighted by Gasteiger charge is -2.19. The van der Waals surface area contributed by atoms with Gasteiger partial charge in [0, 0.05) is 24.7 Å². The third kappa shape index (κ3) is 4.61. The number of nitrogens with zero attached hydrogens (tertiary/aromatic N) is 2. The molecule has 0 aromatic heterocycles. The Labute approximate surface area is 125 Å². The second-order valence-electron chi connectivity index (χ2n) is 5.34. The Bertz CT molecular complexity index is 461. The van der Waals surface area contributed by atoms with Gasteiger partial charge in [0.15, 0.2) is 5.84 Å². The van der Waals surface area contributed by atoms with E-state index in [1.807, 2.05) is 12.1 Å². The molecule has 1 heterocycles. The van der Waals surface area contributed by atoms with Crippen LogP contribution in [0.25, 0.3) is 0 Å². The van der Waals surface area contributed by atoms with E-state index in [4.69, 9.17) is 15.7 Å². The number of nitrogens with one attached hydrogen (secondary N) is 1. The number of ether oxygens (including phenoxy) is 1. The molecule has 0 aliphatic carbocycles. The summed E-state index contributed by atoms with van der Waals surface area (Å²) in [5, 5.41) is 15.0. The molecule has 0 bridgehead atoms. The van der Waals surface area contributed by atoms with Crippen molar-refractivity contribution < 1.29 is 9.94 Å². The van der Waals surface area contributed by atoms with Gasteiger partial charge in [-0.3, -0.25) is 0 Å². The van der Waals surface area contributed by atoms with Gasteiger partial charge >= 0.3 is 0 Å². The molecule has 1 saturated heterocycles. The van der Waals surface area contributed by atoms with Crippen molar-refractivity contribution in [3.8, 4) is 5.75 Å². The summed E-state index contributed by atoms with van der Waals surface area (Å²) in [4.78, 5) is 2.40. The van der Waals surface area contributed by atoms with Crippen molar-refractivity contribution in [3.05, 3.63) is 29.8 Å². The number of benzene rings is 1. The highest BCUT2D eigenvalue weighted by Crippen LogP contribution is 2.13. The number of hydrogen-bond acceptors (Lipinski definition) is 5. The molecule has 1 fully saturated rings. The first-order valence-electron chi connectivity index (χ1n) is 7.32. The summed E-state index contributed by atoms with van der Waals surface area (Å²) in [5.41, 5.74) is 6.17. The number of nitrogens with two attached hydrogens (primary N) is 1. The second kappa shape index (κ2) is 7.85. The number of rotatable bonds is 7. The van der Waals surface area contributed by atoms with E-state index in [-0.39, 0.29) is 5.84 Å². The first kappa shape index (κ1) is 15.6. The highest BCUT2D eigenvalue weighted by atomic mass is 16.5. The summed E-state index contributed by atoms with van der Waals surface area (Å²) >= 11 is 0. The molecule has 0 saturated carbocycles. The number of oxime groups is 1. The molecule has 0 spiro atoms. The molecule has 1 aromatic rings. The number of likely N-dealkylation sites (tertiary alicyclic amines) is 1. The van der Waals surface area contributed by atoms with Crippen LogP contribution in [0.1, 0.15) is 18.4 Å². The van der Waals surface area contributed by atoms with Crippen LogP contribution in [0.4, 0.5) is 0 Å². The van der Waals surface area contributed by atoms with Crippen LogP contribution in [0.2, 0.25) is 0 Å². The molecule has 6 heteroatoms. The Hall–Kier alpha value is -1.79. The van der Waals surface area contributed by atoms with Crippen molar-refractivity contribution in [2.24, 2.45) is 10.9 Å². The maximum atomic E-state index is 8.59. The summed E-state index contributed by atoms with van der Waals surface area (Å²) in [6, 6.07) is 7.83. The second-order valence-corrected chi connectivity index (χ2v) is 5.34. The SMILES string of the molecule is CN1CCCC1CNCCOc1ccc(/C(N)=N/O)cc1. The molecule has 116 valence electrons. The van der Waals surface area contributed by atoms with Gasteiger partial charge in [-0.1, -0.05) is 5.16 Å². The van der Waals surface area contributed by atoms with E-state index in [0.29, 0.717) is 18.2 Å². The van der Waals surface area contributed by atoms with Gasteiger partial charge in [0.25, 0.3) is 0 Å². The fourth-order valence-corrected chi connectivity index (χ4v) is 2.53. The zero-order valence-corrected chi connectivity index (χ0v) is 12.5. The highest BCUT2D eigenvalue weighted by molar-refractivity contribution is 5.97. The molecule has 2 rings (SSSR count). The van der Waals surface area contributed by atoms with Gasteiger partial charge in [-0.05, 0) is 50.7 Å². The van der Waals surface area contributed by atoms with Gasteiger partial charge in [-0.15, -0.1) is 0 Å². The molecule has 4 N–H and O–H groups in total. The quantitative estimate of drug-likeness (QED) is 0.228. The van der Waals surface area contributed by atoms with E-state index in [9.17, 15) is 0 Å². The minimum Gasteiger partial charge on any atom is -0.492 e. The first-order chi connectivity index (χ1) is 10.2. The van der Waals surface area contributed by atoms with E-state index in [0.717, 1.165) is 18.8 Å². The fourth-order valence-electron chi connectivity index (χ4n) is 2.53. The van der Waals surface area contributed by atoms with Crippen LogP contribution < -0.4 is 15.8 Å². The highest BCUT2D eigenvalue weighted by Gasteiger charge is 2.19. The largest absolute Gasteiger partial charge is 0.492 e. The van der Waals surface area contributed by atoms with Crippen molar-refractivity contribution in [1.82, 2.24) is 10.2 Å². The lowest BCUT2D eigenvalue weighted by Crippen LogP contribution is -2.36. The Balaban J connectivity index is 1.64. The molecule has 1 aromatic carbocycles. The Kier molecular flexibility index (Phi) is 5.83. The maximum absolute atomic E-state index is 8.59. The van der Waals surface area contributed by atoms with Crippen molar-refractivity contribution in [1.29, 1.82) is 0 Å². The lowest BCUT2D eigenvalue weighted by molar-refractivity contribution is 0.279. The van der Waals surface area contributed by atoms with Crippen LogP contribution >= 0.6 is 0 Å². The third-order valence-electron chi connectivity index (χ3n) is 3.86. The summed E-state index contributed by atoms with van der Waals surface area (Å²) in [6.45, 7) is 3.67. The molecule has 1 aliphatic heterocycles. The van der Waals surface area contributed by atoms with E-state index in [1.165, 1.54) is 19.4 Å². The van der Waals surface area contributed by atoms with Gasteiger partial charge in [0.05, 0.1) is 0 Å². The van der Waals surface area contributed by atoms with Crippen molar-refractivity contribution in [2.75, 3.05) is 33.3 Å². The molecular formula is C15H24N4O2. The van der Waals surface area contributed by atoms with Gasteiger partial charge in [-0.2, -0.15) is 0 Å². The average Bonchev–Trinajstić information content (AvgIpc) is 2.92. The number of amidine groups is 1. The molecule has 1 unspecified atom stereocenters. The molecule has 0 radical (unpaired) electrons. The zero-order chi connectivity index (χ0) is 15.1. The third-order valence-corrected chi connectivity index (χ3v) is 3.86. The standard InChI is InChI=1S/C15H24N4O2/c1-19-9-2-3-13(19)11-17-8-10-21-14-6-4-12(5-7-14)15(16)18-20/h4-7,13,17,20H,2-3,8-11H2,1H3,(H2,16,18). The summed E-state index contributed by atoms with van der Waals surface area (Å²) in [6.07, 6.45) is 2.58.